The molecule has 1 aliphatic heterocycles. The minimum atomic E-state index is 0.151. The Bertz CT molecular complexity index is 397. The van der Waals surface area contributed by atoms with Gasteiger partial charge in [0.2, 0.25) is 0 Å². The molecule has 1 saturated heterocycles. The highest BCUT2D eigenvalue weighted by Crippen LogP contribution is 2.22. The fraction of sp³-hybridized carbons (Fsp3) is 0.417. The number of nitrogen functional groups attached to an aromatic ring is 1. The van der Waals surface area contributed by atoms with E-state index >= 15 is 0 Å². The molecule has 1 fully saturated rings. The lowest BCUT2D eigenvalue weighted by Crippen LogP contribution is -2.32. The molecule has 0 spiro atoms. The van der Waals surface area contributed by atoms with Crippen molar-refractivity contribution in [3.05, 3.63) is 29.3 Å². The van der Waals surface area contributed by atoms with Crippen LogP contribution in [0.1, 0.15) is 11.1 Å². The van der Waals surface area contributed by atoms with E-state index in [1.165, 1.54) is 17.2 Å². The molecule has 0 unspecified atom stereocenters. The van der Waals surface area contributed by atoms with E-state index < -0.39 is 0 Å². The summed E-state index contributed by atoms with van der Waals surface area (Å²) >= 11 is 2.01. The molecule has 0 saturated carbocycles. The lowest BCUT2D eigenvalue weighted by molar-refractivity contribution is 0.858. The number of nitrogens with zero attached hydrogens (tertiary/aromatic N) is 1. The van der Waals surface area contributed by atoms with Crippen molar-refractivity contribution < 1.29 is 0 Å². The van der Waals surface area contributed by atoms with Gasteiger partial charge in [0.25, 0.3) is 0 Å². The largest absolute Gasteiger partial charge is 0.384 e. The highest BCUT2D eigenvalue weighted by atomic mass is 32.2. The molecule has 0 aliphatic carbocycles. The van der Waals surface area contributed by atoms with Crippen molar-refractivity contribution in [2.75, 3.05) is 29.5 Å². The second-order valence-corrected chi connectivity index (χ2v) is 5.24. The Morgan fingerprint density at radius 3 is 2.62 bits per heavy atom. The lowest BCUT2D eigenvalue weighted by atomic mass is 10.1. The molecule has 16 heavy (non-hydrogen) atoms. The zero-order valence-corrected chi connectivity index (χ0v) is 10.3. The number of aryl methyl sites for hydroxylation is 1. The highest BCUT2D eigenvalue weighted by molar-refractivity contribution is 7.99. The van der Waals surface area contributed by atoms with Crippen LogP contribution in [-0.4, -0.2) is 30.4 Å². The maximum absolute atomic E-state index is 7.45. The molecular weight excluding hydrogens is 218 g/mol. The molecule has 2 rings (SSSR count). The number of benzene rings is 1. The van der Waals surface area contributed by atoms with Crippen LogP contribution in [0.4, 0.5) is 5.69 Å². The van der Waals surface area contributed by atoms with Crippen LogP contribution in [0, 0.1) is 12.3 Å². The Morgan fingerprint density at radius 2 is 2.06 bits per heavy atom. The van der Waals surface area contributed by atoms with Crippen molar-refractivity contribution >= 4 is 23.3 Å². The number of nitrogens with one attached hydrogen (secondary N) is 1. The molecule has 1 aromatic carbocycles. The van der Waals surface area contributed by atoms with Crippen LogP contribution in [0.3, 0.4) is 0 Å². The monoisotopic (exact) mass is 235 g/mol. The predicted molar refractivity (Wildman–Crippen MR) is 71.7 cm³/mol. The summed E-state index contributed by atoms with van der Waals surface area (Å²) in [7, 11) is 0. The van der Waals surface area contributed by atoms with Gasteiger partial charge in [-0.15, -0.1) is 0 Å². The zero-order valence-electron chi connectivity index (χ0n) is 9.49. The molecule has 86 valence electrons. The second kappa shape index (κ2) is 4.78. The Labute approximate surface area is 101 Å². The van der Waals surface area contributed by atoms with Gasteiger partial charge >= 0.3 is 0 Å². The van der Waals surface area contributed by atoms with Gasteiger partial charge in [-0.05, 0) is 30.7 Å². The molecule has 0 atom stereocenters. The quantitative estimate of drug-likeness (QED) is 0.607. The first-order valence-corrected chi connectivity index (χ1v) is 6.61. The summed E-state index contributed by atoms with van der Waals surface area (Å²) < 4.78 is 0. The number of hydrogen-bond acceptors (Lipinski definition) is 3. The normalized spacial score (nSPS) is 16.2. The van der Waals surface area contributed by atoms with Crippen LogP contribution in [0.25, 0.3) is 0 Å². The Hall–Kier alpha value is -1.16. The van der Waals surface area contributed by atoms with Crippen LogP contribution < -0.4 is 10.6 Å². The minimum Gasteiger partial charge on any atom is -0.384 e. The summed E-state index contributed by atoms with van der Waals surface area (Å²) in [5.74, 6) is 2.55. The van der Waals surface area contributed by atoms with E-state index in [9.17, 15) is 0 Å². The first kappa shape index (κ1) is 11.3. The number of amidine groups is 1. The molecular formula is C12H17N3S. The van der Waals surface area contributed by atoms with Gasteiger partial charge in [0.05, 0.1) is 0 Å². The Balaban J connectivity index is 2.23. The van der Waals surface area contributed by atoms with E-state index in [2.05, 4.69) is 17.0 Å². The van der Waals surface area contributed by atoms with Crippen molar-refractivity contribution in [2.24, 2.45) is 5.73 Å². The van der Waals surface area contributed by atoms with Crippen LogP contribution in [0.5, 0.6) is 0 Å². The van der Waals surface area contributed by atoms with Crippen molar-refractivity contribution in [1.82, 2.24) is 0 Å². The third-order valence-electron chi connectivity index (χ3n) is 2.88. The topological polar surface area (TPSA) is 53.1 Å². The second-order valence-electron chi connectivity index (χ2n) is 4.01. The molecule has 3 nitrogen and oxygen atoms in total. The van der Waals surface area contributed by atoms with Gasteiger partial charge < -0.3 is 10.6 Å². The van der Waals surface area contributed by atoms with E-state index in [0.717, 1.165) is 24.2 Å². The lowest BCUT2D eigenvalue weighted by Gasteiger charge is -2.29. The van der Waals surface area contributed by atoms with Crippen molar-refractivity contribution in [1.29, 1.82) is 5.41 Å². The van der Waals surface area contributed by atoms with Gasteiger partial charge in [0.15, 0.2) is 0 Å². The molecule has 0 radical (unpaired) electrons. The summed E-state index contributed by atoms with van der Waals surface area (Å²) in [5, 5.41) is 7.45. The summed E-state index contributed by atoms with van der Waals surface area (Å²) in [4.78, 5) is 2.40. The summed E-state index contributed by atoms with van der Waals surface area (Å²) in [6.45, 7) is 4.24. The smallest absolute Gasteiger partial charge is 0.123 e. The molecule has 0 aromatic heterocycles. The van der Waals surface area contributed by atoms with Crippen molar-refractivity contribution in [3.8, 4) is 0 Å². The average molecular weight is 235 g/mol. The van der Waals surface area contributed by atoms with E-state index in [4.69, 9.17) is 11.1 Å². The van der Waals surface area contributed by atoms with Crippen molar-refractivity contribution in [3.63, 3.8) is 0 Å². The van der Waals surface area contributed by atoms with Gasteiger partial charge in [-0.1, -0.05) is 0 Å². The van der Waals surface area contributed by atoms with E-state index in [-0.39, 0.29) is 5.84 Å². The van der Waals surface area contributed by atoms with Crippen LogP contribution in [0.2, 0.25) is 0 Å². The summed E-state index contributed by atoms with van der Waals surface area (Å²) in [6.07, 6.45) is 0. The molecule has 0 bridgehead atoms. The summed E-state index contributed by atoms with van der Waals surface area (Å²) in [5.41, 5.74) is 8.69. The van der Waals surface area contributed by atoms with Crippen LogP contribution in [0.15, 0.2) is 18.2 Å². The SMILES string of the molecule is Cc1cc(N2CCSCC2)ccc1C(=N)N. The summed E-state index contributed by atoms with van der Waals surface area (Å²) in [6, 6.07) is 6.15. The van der Waals surface area contributed by atoms with E-state index in [0.29, 0.717) is 0 Å². The molecule has 4 heteroatoms. The predicted octanol–water partition coefficient (Wildman–Crippen LogP) is 1.83. The van der Waals surface area contributed by atoms with Gasteiger partial charge in [-0.3, -0.25) is 5.41 Å². The molecule has 3 N–H and O–H groups in total. The van der Waals surface area contributed by atoms with Crippen molar-refractivity contribution in [2.45, 2.75) is 6.92 Å². The highest BCUT2D eigenvalue weighted by Gasteiger charge is 2.12. The van der Waals surface area contributed by atoms with Crippen LogP contribution in [-0.2, 0) is 0 Å². The van der Waals surface area contributed by atoms with Gasteiger partial charge in [-0.2, -0.15) is 11.8 Å². The zero-order chi connectivity index (χ0) is 11.5. The van der Waals surface area contributed by atoms with E-state index in [1.807, 2.05) is 24.8 Å². The van der Waals surface area contributed by atoms with Gasteiger partial charge in [0.1, 0.15) is 5.84 Å². The first-order chi connectivity index (χ1) is 7.68. The maximum atomic E-state index is 7.45. The average Bonchev–Trinajstić information content (AvgIpc) is 2.29. The maximum Gasteiger partial charge on any atom is 0.123 e. The molecule has 1 heterocycles. The standard InChI is InChI=1S/C12H17N3S/c1-9-8-10(2-3-11(9)12(13)14)15-4-6-16-7-5-15/h2-3,8H,4-7H2,1H3,(H3,13,14). The van der Waals surface area contributed by atoms with Gasteiger partial charge in [-0.25, -0.2) is 0 Å². The number of nitrogens with two attached hydrogens (primary N) is 1. The number of hydrogen-bond donors (Lipinski definition) is 2. The van der Waals surface area contributed by atoms with Gasteiger partial charge in [0, 0.05) is 35.8 Å². The number of anilines is 1. The fourth-order valence-electron chi connectivity index (χ4n) is 1.97. The van der Waals surface area contributed by atoms with E-state index in [1.54, 1.807) is 0 Å². The minimum absolute atomic E-state index is 0.151. The number of rotatable bonds is 2. The Kier molecular flexibility index (Phi) is 3.39. The third kappa shape index (κ3) is 2.32. The molecule has 0 amide bonds. The third-order valence-corrected chi connectivity index (χ3v) is 3.82. The fourth-order valence-corrected chi connectivity index (χ4v) is 2.87. The molecule has 1 aromatic rings. The first-order valence-electron chi connectivity index (χ1n) is 5.46. The molecule has 1 aliphatic rings. The van der Waals surface area contributed by atoms with Crippen LogP contribution >= 0.6 is 11.8 Å². The number of thioether (sulfide) groups is 1. The Morgan fingerprint density at radius 1 is 1.38 bits per heavy atom.